The molecule has 1 aliphatic carbocycles. The highest BCUT2D eigenvalue weighted by Crippen LogP contribution is 2.35. The Morgan fingerprint density at radius 3 is 2.61 bits per heavy atom. The second-order valence-corrected chi connectivity index (χ2v) is 5.93. The fourth-order valence-corrected chi connectivity index (χ4v) is 3.25. The van der Waals surface area contributed by atoms with Gasteiger partial charge in [0.15, 0.2) is 0 Å². The number of carboxylic acid groups (broad SMARTS) is 1. The fourth-order valence-electron chi connectivity index (χ4n) is 2.63. The number of hydrogen-bond donors (Lipinski definition) is 2. The number of rotatable bonds is 4. The molecular formula is C14H19NO2S. The molecule has 18 heavy (non-hydrogen) atoms. The monoisotopic (exact) mass is 265 g/mol. The minimum Gasteiger partial charge on any atom is -0.478 e. The first-order valence-corrected chi connectivity index (χ1v) is 7.47. The Balaban J connectivity index is 2.35. The van der Waals surface area contributed by atoms with Crippen molar-refractivity contribution >= 4 is 23.4 Å². The number of carboxylic acids is 1. The van der Waals surface area contributed by atoms with Crippen LogP contribution in [0.2, 0.25) is 0 Å². The molecule has 0 aromatic heterocycles. The van der Waals surface area contributed by atoms with E-state index in [4.69, 9.17) is 0 Å². The third-order valence-corrected chi connectivity index (χ3v) is 4.38. The van der Waals surface area contributed by atoms with E-state index in [1.807, 2.05) is 24.5 Å². The van der Waals surface area contributed by atoms with Crippen molar-refractivity contribution in [2.24, 2.45) is 0 Å². The zero-order valence-electron chi connectivity index (χ0n) is 10.8. The first-order chi connectivity index (χ1) is 8.56. The first-order valence-electron chi connectivity index (χ1n) is 6.24. The summed E-state index contributed by atoms with van der Waals surface area (Å²) in [5.74, 6) is -0.857. The van der Waals surface area contributed by atoms with Crippen LogP contribution < -0.4 is 5.32 Å². The molecule has 1 fully saturated rings. The van der Waals surface area contributed by atoms with Crippen molar-refractivity contribution in [1.29, 1.82) is 0 Å². The molecule has 4 heteroatoms. The lowest BCUT2D eigenvalue weighted by Gasteiger charge is -2.28. The van der Waals surface area contributed by atoms with E-state index in [0.29, 0.717) is 5.56 Å². The lowest BCUT2D eigenvalue weighted by Crippen LogP contribution is -2.31. The van der Waals surface area contributed by atoms with E-state index < -0.39 is 5.97 Å². The summed E-state index contributed by atoms with van der Waals surface area (Å²) in [6.07, 6.45) is 6.55. The minimum atomic E-state index is -0.857. The van der Waals surface area contributed by atoms with Crippen LogP contribution in [-0.4, -0.2) is 22.9 Å². The summed E-state index contributed by atoms with van der Waals surface area (Å²) in [5, 5.41) is 12.8. The summed E-state index contributed by atoms with van der Waals surface area (Å²) in [6, 6.07) is 5.64. The van der Waals surface area contributed by atoms with Gasteiger partial charge in [-0.3, -0.25) is 0 Å². The number of hydrogen-bond acceptors (Lipinski definition) is 3. The quantitative estimate of drug-likeness (QED) is 0.812. The van der Waals surface area contributed by atoms with Crippen molar-refractivity contribution in [3.63, 3.8) is 0 Å². The average molecular weight is 265 g/mol. The number of carbonyl (C=O) groups is 1. The third-order valence-electron chi connectivity index (χ3n) is 3.60. The number of aromatic carboxylic acids is 1. The maximum absolute atomic E-state index is 11.4. The van der Waals surface area contributed by atoms with Crippen LogP contribution in [0.5, 0.6) is 0 Å². The Morgan fingerprint density at radius 2 is 2.06 bits per heavy atom. The van der Waals surface area contributed by atoms with Gasteiger partial charge in [-0.1, -0.05) is 18.9 Å². The fraction of sp³-hybridized carbons (Fsp3) is 0.500. The van der Waals surface area contributed by atoms with E-state index in [9.17, 15) is 9.90 Å². The van der Waals surface area contributed by atoms with E-state index in [1.165, 1.54) is 24.6 Å². The van der Waals surface area contributed by atoms with E-state index in [0.717, 1.165) is 23.4 Å². The van der Waals surface area contributed by atoms with Crippen molar-refractivity contribution < 1.29 is 9.90 Å². The molecule has 2 rings (SSSR count). The predicted octanol–water partition coefficient (Wildman–Crippen LogP) is 3.85. The van der Waals surface area contributed by atoms with Gasteiger partial charge in [-0.05, 0) is 38.2 Å². The molecule has 0 bridgehead atoms. The third kappa shape index (κ3) is 2.64. The van der Waals surface area contributed by atoms with Gasteiger partial charge in [0.1, 0.15) is 0 Å². The number of anilines is 1. The van der Waals surface area contributed by atoms with Crippen LogP contribution in [-0.2, 0) is 0 Å². The Labute approximate surface area is 112 Å². The summed E-state index contributed by atoms with van der Waals surface area (Å²) in [6.45, 7) is 2.18. The van der Waals surface area contributed by atoms with Crippen LogP contribution in [0, 0.1) is 0 Å². The molecule has 0 radical (unpaired) electrons. The molecule has 1 saturated carbocycles. The minimum absolute atomic E-state index is 0.0429. The lowest BCUT2D eigenvalue weighted by molar-refractivity contribution is 0.0694. The Bertz CT molecular complexity index is 453. The van der Waals surface area contributed by atoms with Gasteiger partial charge in [-0.25, -0.2) is 4.79 Å². The zero-order valence-corrected chi connectivity index (χ0v) is 11.6. The highest BCUT2D eigenvalue weighted by molar-refractivity contribution is 7.98. The molecule has 1 aliphatic rings. The largest absolute Gasteiger partial charge is 0.478 e. The Morgan fingerprint density at radius 1 is 1.39 bits per heavy atom. The summed E-state index contributed by atoms with van der Waals surface area (Å²) >= 11 is 1.47. The molecule has 2 N–H and O–H groups in total. The van der Waals surface area contributed by atoms with Gasteiger partial charge in [-0.15, -0.1) is 11.8 Å². The van der Waals surface area contributed by atoms with E-state index in [1.54, 1.807) is 0 Å². The molecule has 3 nitrogen and oxygen atoms in total. The Kier molecular flexibility index (Phi) is 3.85. The molecule has 1 aromatic rings. The second-order valence-electron chi connectivity index (χ2n) is 5.08. The van der Waals surface area contributed by atoms with Crippen LogP contribution in [0.25, 0.3) is 0 Å². The molecule has 0 spiro atoms. The maximum atomic E-state index is 11.4. The SMILES string of the molecule is CSc1cccc(NC2(C)CCCC2)c1C(=O)O. The van der Waals surface area contributed by atoms with E-state index in [2.05, 4.69) is 12.2 Å². The van der Waals surface area contributed by atoms with Crippen molar-refractivity contribution in [3.05, 3.63) is 23.8 Å². The lowest BCUT2D eigenvalue weighted by atomic mass is 9.99. The standard InChI is InChI=1S/C14H19NO2S/c1-14(8-3-4-9-14)15-10-6-5-7-11(18-2)12(10)13(16)17/h5-7,15H,3-4,8-9H2,1-2H3,(H,16,17). The molecule has 98 valence electrons. The number of thioether (sulfide) groups is 1. The highest BCUT2D eigenvalue weighted by Gasteiger charge is 2.30. The van der Waals surface area contributed by atoms with Crippen LogP contribution in [0.3, 0.4) is 0 Å². The summed E-state index contributed by atoms with van der Waals surface area (Å²) in [4.78, 5) is 12.2. The smallest absolute Gasteiger partial charge is 0.338 e. The zero-order chi connectivity index (χ0) is 13.2. The molecule has 0 amide bonds. The highest BCUT2D eigenvalue weighted by atomic mass is 32.2. The van der Waals surface area contributed by atoms with Gasteiger partial charge in [0.2, 0.25) is 0 Å². The summed E-state index contributed by atoms with van der Waals surface area (Å²) in [7, 11) is 0. The predicted molar refractivity (Wildman–Crippen MR) is 75.7 cm³/mol. The molecular weight excluding hydrogens is 246 g/mol. The van der Waals surface area contributed by atoms with Gasteiger partial charge in [0, 0.05) is 10.4 Å². The van der Waals surface area contributed by atoms with Crippen LogP contribution in [0.1, 0.15) is 43.0 Å². The topological polar surface area (TPSA) is 49.3 Å². The van der Waals surface area contributed by atoms with Crippen molar-refractivity contribution in [2.45, 2.75) is 43.0 Å². The van der Waals surface area contributed by atoms with Gasteiger partial charge < -0.3 is 10.4 Å². The van der Waals surface area contributed by atoms with Crippen molar-refractivity contribution in [2.75, 3.05) is 11.6 Å². The van der Waals surface area contributed by atoms with Gasteiger partial charge in [0.25, 0.3) is 0 Å². The average Bonchev–Trinajstić information content (AvgIpc) is 2.75. The summed E-state index contributed by atoms with van der Waals surface area (Å²) < 4.78 is 0. The maximum Gasteiger partial charge on any atom is 0.338 e. The van der Waals surface area contributed by atoms with E-state index in [-0.39, 0.29) is 5.54 Å². The van der Waals surface area contributed by atoms with Gasteiger partial charge in [-0.2, -0.15) is 0 Å². The van der Waals surface area contributed by atoms with Crippen LogP contribution in [0.4, 0.5) is 5.69 Å². The van der Waals surface area contributed by atoms with Crippen molar-refractivity contribution in [1.82, 2.24) is 0 Å². The number of benzene rings is 1. The molecule has 0 heterocycles. The summed E-state index contributed by atoms with van der Waals surface area (Å²) in [5.41, 5.74) is 1.19. The van der Waals surface area contributed by atoms with Gasteiger partial charge >= 0.3 is 5.97 Å². The molecule has 0 aliphatic heterocycles. The van der Waals surface area contributed by atoms with Crippen LogP contribution >= 0.6 is 11.8 Å². The molecule has 0 atom stereocenters. The van der Waals surface area contributed by atoms with Crippen molar-refractivity contribution in [3.8, 4) is 0 Å². The number of nitrogens with one attached hydrogen (secondary N) is 1. The van der Waals surface area contributed by atoms with Crippen LogP contribution in [0.15, 0.2) is 23.1 Å². The van der Waals surface area contributed by atoms with E-state index >= 15 is 0 Å². The Hall–Kier alpha value is -1.16. The first kappa shape index (κ1) is 13.3. The molecule has 0 saturated heterocycles. The molecule has 1 aromatic carbocycles. The normalized spacial score (nSPS) is 17.7. The molecule has 0 unspecified atom stereocenters. The van der Waals surface area contributed by atoms with Gasteiger partial charge in [0.05, 0.1) is 11.3 Å². The second kappa shape index (κ2) is 5.22.